The van der Waals surface area contributed by atoms with Gasteiger partial charge in [-0.3, -0.25) is 0 Å². The van der Waals surface area contributed by atoms with Gasteiger partial charge >= 0.3 is 0 Å². The molecule has 27 heavy (non-hydrogen) atoms. The van der Waals surface area contributed by atoms with E-state index in [2.05, 4.69) is 20.4 Å². The summed E-state index contributed by atoms with van der Waals surface area (Å²) in [5.74, 6) is 7.82. The Hall–Kier alpha value is -3.13. The van der Waals surface area contributed by atoms with Crippen molar-refractivity contribution < 1.29 is 4.42 Å². The van der Waals surface area contributed by atoms with E-state index in [4.69, 9.17) is 10.3 Å². The Morgan fingerprint density at radius 2 is 1.67 bits per heavy atom. The van der Waals surface area contributed by atoms with Crippen LogP contribution in [0.15, 0.2) is 64.2 Å². The summed E-state index contributed by atoms with van der Waals surface area (Å²) >= 11 is 1.42. The number of thioether (sulfide) groups is 1. The van der Waals surface area contributed by atoms with E-state index in [1.54, 1.807) is 0 Å². The van der Waals surface area contributed by atoms with E-state index in [1.165, 1.54) is 22.0 Å². The molecule has 4 aromatic rings. The maximum Gasteiger partial charge on any atom is 0.247 e. The largest absolute Gasteiger partial charge is 0.419 e. The molecule has 0 amide bonds. The lowest BCUT2D eigenvalue weighted by Gasteiger charge is -2.07. The van der Waals surface area contributed by atoms with Gasteiger partial charge in [0.25, 0.3) is 0 Å². The van der Waals surface area contributed by atoms with Crippen molar-refractivity contribution in [1.29, 1.82) is 0 Å². The molecule has 2 N–H and O–H groups in total. The molecule has 8 heteroatoms. The van der Waals surface area contributed by atoms with Crippen LogP contribution >= 0.6 is 11.8 Å². The van der Waals surface area contributed by atoms with Crippen LogP contribution in [0.25, 0.3) is 22.8 Å². The molecule has 0 aliphatic carbocycles. The number of rotatable bonds is 5. The Morgan fingerprint density at radius 3 is 2.41 bits per heavy atom. The molecule has 0 saturated heterocycles. The lowest BCUT2D eigenvalue weighted by atomic mass is 10.1. The summed E-state index contributed by atoms with van der Waals surface area (Å²) in [5.41, 5.74) is 2.98. The molecule has 0 aliphatic heterocycles. The van der Waals surface area contributed by atoms with E-state index in [0.29, 0.717) is 22.8 Å². The van der Waals surface area contributed by atoms with Crippen LogP contribution in [-0.2, 0) is 0 Å². The average Bonchev–Trinajstić information content (AvgIpc) is 3.31. The van der Waals surface area contributed by atoms with Crippen molar-refractivity contribution in [3.05, 3.63) is 66.1 Å². The molecule has 7 nitrogen and oxygen atoms in total. The molecule has 1 atom stereocenters. The first-order chi connectivity index (χ1) is 13.1. The zero-order valence-electron chi connectivity index (χ0n) is 14.9. The van der Waals surface area contributed by atoms with Gasteiger partial charge in [-0.1, -0.05) is 59.8 Å². The first-order valence-electron chi connectivity index (χ1n) is 8.45. The molecule has 0 unspecified atom stereocenters. The van der Waals surface area contributed by atoms with Gasteiger partial charge in [-0.15, -0.1) is 20.4 Å². The minimum atomic E-state index is -0.118. The van der Waals surface area contributed by atoms with Gasteiger partial charge in [0, 0.05) is 11.1 Å². The average molecular weight is 378 g/mol. The Morgan fingerprint density at radius 1 is 0.926 bits per heavy atom. The Kier molecular flexibility index (Phi) is 4.64. The predicted octanol–water partition coefficient (Wildman–Crippen LogP) is 3.87. The number of aromatic nitrogens is 5. The van der Waals surface area contributed by atoms with Crippen molar-refractivity contribution in [3.63, 3.8) is 0 Å². The zero-order chi connectivity index (χ0) is 18.8. The van der Waals surface area contributed by atoms with Gasteiger partial charge in [0.05, 0.1) is 5.25 Å². The van der Waals surface area contributed by atoms with Gasteiger partial charge < -0.3 is 10.3 Å². The number of aryl methyl sites for hydroxylation is 1. The summed E-state index contributed by atoms with van der Waals surface area (Å²) in [6, 6.07) is 17.7. The van der Waals surface area contributed by atoms with E-state index in [0.717, 1.165) is 11.1 Å². The minimum Gasteiger partial charge on any atom is -0.419 e. The van der Waals surface area contributed by atoms with Crippen LogP contribution in [0.4, 0.5) is 0 Å². The first kappa shape index (κ1) is 17.3. The molecule has 0 spiro atoms. The molecule has 0 fully saturated rings. The first-order valence-corrected chi connectivity index (χ1v) is 9.33. The number of hydrogen-bond acceptors (Lipinski definition) is 7. The Balaban J connectivity index is 1.53. The summed E-state index contributed by atoms with van der Waals surface area (Å²) in [6.07, 6.45) is 0. The fourth-order valence-corrected chi connectivity index (χ4v) is 3.36. The number of hydrogen-bond donors (Lipinski definition) is 1. The van der Waals surface area contributed by atoms with Gasteiger partial charge in [-0.25, -0.2) is 4.68 Å². The fraction of sp³-hybridized carbons (Fsp3) is 0.158. The SMILES string of the molecule is Cc1ccc(-c2nnc(S[C@@H](C)c3nnc(-c4ccccc4)o3)n2N)cc1. The zero-order valence-corrected chi connectivity index (χ0v) is 15.7. The van der Waals surface area contributed by atoms with E-state index in [-0.39, 0.29) is 5.25 Å². The number of nitrogens with zero attached hydrogens (tertiary/aromatic N) is 5. The van der Waals surface area contributed by atoms with Crippen LogP contribution in [-0.4, -0.2) is 25.1 Å². The van der Waals surface area contributed by atoms with Crippen molar-refractivity contribution >= 4 is 11.8 Å². The van der Waals surface area contributed by atoms with Crippen LogP contribution in [0.2, 0.25) is 0 Å². The van der Waals surface area contributed by atoms with Gasteiger partial charge in [0.2, 0.25) is 16.9 Å². The van der Waals surface area contributed by atoms with Crippen LogP contribution in [0.3, 0.4) is 0 Å². The highest BCUT2D eigenvalue weighted by atomic mass is 32.2. The summed E-state index contributed by atoms with van der Waals surface area (Å²) in [5, 5.41) is 17.2. The standard InChI is InChI=1S/C19H18N6OS/c1-12-8-10-14(11-9-12)16-21-24-19(25(16)20)27-13(2)17-22-23-18(26-17)15-6-4-3-5-7-15/h3-11,13H,20H2,1-2H3/t13-/m0/s1. The van der Waals surface area contributed by atoms with Gasteiger partial charge in [-0.2, -0.15) is 0 Å². The predicted molar refractivity (Wildman–Crippen MR) is 104 cm³/mol. The molecule has 0 aliphatic rings. The summed E-state index contributed by atoms with van der Waals surface area (Å²) in [6.45, 7) is 4.00. The van der Waals surface area contributed by atoms with Crippen molar-refractivity contribution in [2.75, 3.05) is 5.84 Å². The van der Waals surface area contributed by atoms with Crippen LogP contribution in [0.1, 0.15) is 23.6 Å². The molecule has 2 heterocycles. The molecule has 2 aromatic carbocycles. The maximum atomic E-state index is 6.20. The molecule has 0 saturated carbocycles. The highest BCUT2D eigenvalue weighted by Gasteiger charge is 2.20. The quantitative estimate of drug-likeness (QED) is 0.416. The van der Waals surface area contributed by atoms with Crippen LogP contribution in [0.5, 0.6) is 0 Å². The third-order valence-electron chi connectivity index (χ3n) is 4.07. The van der Waals surface area contributed by atoms with E-state index < -0.39 is 0 Å². The van der Waals surface area contributed by atoms with Crippen molar-refractivity contribution in [1.82, 2.24) is 25.1 Å². The van der Waals surface area contributed by atoms with Crippen LogP contribution in [0, 0.1) is 6.92 Å². The Bertz CT molecular complexity index is 1040. The van der Waals surface area contributed by atoms with Gasteiger partial charge in [-0.05, 0) is 26.0 Å². The molecular weight excluding hydrogens is 360 g/mol. The summed E-state index contributed by atoms with van der Waals surface area (Å²) in [7, 11) is 0. The van der Waals surface area contributed by atoms with E-state index >= 15 is 0 Å². The lowest BCUT2D eigenvalue weighted by molar-refractivity contribution is 0.509. The summed E-state index contributed by atoms with van der Waals surface area (Å²) in [4.78, 5) is 0. The summed E-state index contributed by atoms with van der Waals surface area (Å²) < 4.78 is 7.29. The minimum absolute atomic E-state index is 0.118. The highest BCUT2D eigenvalue weighted by Crippen LogP contribution is 2.34. The van der Waals surface area contributed by atoms with Crippen molar-refractivity contribution in [2.45, 2.75) is 24.3 Å². The number of nitrogens with two attached hydrogens (primary N) is 1. The van der Waals surface area contributed by atoms with E-state index in [9.17, 15) is 0 Å². The van der Waals surface area contributed by atoms with Crippen molar-refractivity contribution in [2.24, 2.45) is 0 Å². The third-order valence-corrected chi connectivity index (χ3v) is 5.11. The lowest BCUT2D eigenvalue weighted by Crippen LogP contribution is -2.12. The molecular formula is C19H18N6OS. The molecule has 0 bridgehead atoms. The van der Waals surface area contributed by atoms with E-state index in [1.807, 2.05) is 68.4 Å². The smallest absolute Gasteiger partial charge is 0.247 e. The second kappa shape index (κ2) is 7.24. The highest BCUT2D eigenvalue weighted by molar-refractivity contribution is 7.99. The molecule has 2 aromatic heterocycles. The number of nitrogen functional groups attached to an aromatic ring is 1. The monoisotopic (exact) mass is 378 g/mol. The van der Waals surface area contributed by atoms with Gasteiger partial charge in [0.15, 0.2) is 5.82 Å². The second-order valence-electron chi connectivity index (χ2n) is 6.11. The van der Waals surface area contributed by atoms with Gasteiger partial charge in [0.1, 0.15) is 0 Å². The Labute approximate surface area is 160 Å². The fourth-order valence-electron chi connectivity index (χ4n) is 2.56. The normalized spacial score (nSPS) is 12.2. The number of benzene rings is 2. The van der Waals surface area contributed by atoms with Crippen LogP contribution < -0.4 is 5.84 Å². The topological polar surface area (TPSA) is 95.6 Å². The molecule has 136 valence electrons. The second-order valence-corrected chi connectivity index (χ2v) is 7.42. The molecule has 0 radical (unpaired) electrons. The molecule has 4 rings (SSSR count). The maximum absolute atomic E-state index is 6.20. The third kappa shape index (κ3) is 3.56. The van der Waals surface area contributed by atoms with Crippen molar-refractivity contribution in [3.8, 4) is 22.8 Å².